The Balaban J connectivity index is 1.17. The predicted octanol–water partition coefficient (Wildman–Crippen LogP) is 3.65. The second-order valence-electron chi connectivity index (χ2n) is 8.93. The number of benzene rings is 1. The van der Waals surface area contributed by atoms with Crippen molar-refractivity contribution >= 4 is 23.5 Å². The third kappa shape index (κ3) is 5.23. The molecule has 176 valence electrons. The molecular formula is C24H32N6O3. The number of hydrogen-bond acceptors (Lipinski definition) is 7. The summed E-state index contributed by atoms with van der Waals surface area (Å²) in [6, 6.07) is 7.87. The molecule has 2 aliphatic heterocycles. The molecule has 5 rings (SSSR count). The minimum absolute atomic E-state index is 0.107. The van der Waals surface area contributed by atoms with Crippen LogP contribution in [-0.4, -0.2) is 66.3 Å². The highest BCUT2D eigenvalue weighted by atomic mass is 16.6. The molecule has 2 N–H and O–H groups in total. The van der Waals surface area contributed by atoms with E-state index in [0.717, 1.165) is 30.5 Å². The van der Waals surface area contributed by atoms with E-state index in [1.54, 1.807) is 0 Å². The lowest BCUT2D eigenvalue weighted by Gasteiger charge is -2.35. The van der Waals surface area contributed by atoms with E-state index in [1.165, 1.54) is 32.1 Å². The van der Waals surface area contributed by atoms with Crippen molar-refractivity contribution in [2.45, 2.75) is 45.1 Å². The first-order chi connectivity index (χ1) is 16.1. The molecule has 1 aromatic heterocycles. The molecule has 3 aliphatic rings. The number of fused-ring (bicyclic) bond motifs is 1. The van der Waals surface area contributed by atoms with Crippen LogP contribution in [-0.2, 0) is 0 Å². The van der Waals surface area contributed by atoms with Crippen LogP contribution in [0.25, 0.3) is 0 Å². The topological polar surface area (TPSA) is 91.9 Å². The summed E-state index contributed by atoms with van der Waals surface area (Å²) < 4.78 is 11.2. The average molecular weight is 453 g/mol. The number of carbonyl (C=O) groups is 1. The first-order valence-corrected chi connectivity index (χ1v) is 12.0. The molecule has 2 amide bonds. The summed E-state index contributed by atoms with van der Waals surface area (Å²) in [5.41, 5.74) is 1.66. The molecule has 2 aromatic rings. The second-order valence-corrected chi connectivity index (χ2v) is 8.93. The molecule has 1 aromatic carbocycles. The summed E-state index contributed by atoms with van der Waals surface area (Å²) in [6.45, 7) is 5.80. The highest BCUT2D eigenvalue weighted by Gasteiger charge is 2.24. The van der Waals surface area contributed by atoms with Crippen molar-refractivity contribution in [3.05, 3.63) is 30.0 Å². The molecule has 0 bridgehead atoms. The van der Waals surface area contributed by atoms with E-state index < -0.39 is 0 Å². The van der Waals surface area contributed by atoms with Gasteiger partial charge in [0.1, 0.15) is 19.0 Å². The quantitative estimate of drug-likeness (QED) is 0.731. The van der Waals surface area contributed by atoms with E-state index in [2.05, 4.69) is 20.5 Å². The van der Waals surface area contributed by atoms with Gasteiger partial charge in [-0.2, -0.15) is 4.98 Å². The Hall–Kier alpha value is -3.23. The molecule has 1 aliphatic carbocycles. The van der Waals surface area contributed by atoms with Gasteiger partial charge in [0.15, 0.2) is 11.5 Å². The largest absolute Gasteiger partial charge is 0.486 e. The fraction of sp³-hybridized carbons (Fsp3) is 0.542. The van der Waals surface area contributed by atoms with E-state index in [-0.39, 0.29) is 6.03 Å². The summed E-state index contributed by atoms with van der Waals surface area (Å²) in [5.74, 6) is 3.02. The molecule has 1 saturated heterocycles. The predicted molar refractivity (Wildman–Crippen MR) is 128 cm³/mol. The van der Waals surface area contributed by atoms with Gasteiger partial charge in [-0.1, -0.05) is 19.3 Å². The third-order valence-electron chi connectivity index (χ3n) is 6.46. The standard InChI is InChI=1S/C24H32N6O3/c1-17-15-22(28-23(25-17)26-18-5-3-2-4-6-18)29-9-11-30(12-10-29)24(31)27-19-7-8-20-21(16-19)33-14-13-32-20/h7-8,15-16,18H,2-6,9-14H2,1H3,(H,27,31)(H,25,26,28). The van der Waals surface area contributed by atoms with Crippen molar-refractivity contribution < 1.29 is 14.3 Å². The lowest BCUT2D eigenvalue weighted by molar-refractivity contribution is 0.171. The van der Waals surface area contributed by atoms with E-state index in [1.807, 2.05) is 36.1 Å². The zero-order valence-electron chi connectivity index (χ0n) is 19.2. The van der Waals surface area contributed by atoms with E-state index in [9.17, 15) is 4.79 Å². The summed E-state index contributed by atoms with van der Waals surface area (Å²) in [7, 11) is 0. The van der Waals surface area contributed by atoms with Gasteiger partial charge in [-0.05, 0) is 31.9 Å². The van der Waals surface area contributed by atoms with Gasteiger partial charge in [-0.3, -0.25) is 0 Å². The second kappa shape index (κ2) is 9.72. The number of anilines is 3. The Morgan fingerprint density at radius 1 is 0.970 bits per heavy atom. The Labute approximate surface area is 194 Å². The molecule has 1 saturated carbocycles. The maximum Gasteiger partial charge on any atom is 0.321 e. The Kier molecular flexibility index (Phi) is 6.37. The first kappa shape index (κ1) is 21.6. The smallest absolute Gasteiger partial charge is 0.321 e. The van der Waals surface area contributed by atoms with Crippen LogP contribution >= 0.6 is 0 Å². The first-order valence-electron chi connectivity index (χ1n) is 12.0. The minimum atomic E-state index is -0.107. The van der Waals surface area contributed by atoms with Gasteiger partial charge in [0, 0.05) is 55.7 Å². The molecule has 0 radical (unpaired) electrons. The van der Waals surface area contributed by atoms with Gasteiger partial charge in [-0.15, -0.1) is 0 Å². The maximum absolute atomic E-state index is 12.8. The number of urea groups is 1. The van der Waals surface area contributed by atoms with Crippen LogP contribution in [0.4, 0.5) is 22.2 Å². The highest BCUT2D eigenvalue weighted by Crippen LogP contribution is 2.32. The number of rotatable bonds is 4. The van der Waals surface area contributed by atoms with Crippen molar-refractivity contribution in [2.75, 3.05) is 54.9 Å². The molecule has 3 heterocycles. The van der Waals surface area contributed by atoms with E-state index >= 15 is 0 Å². The molecule has 9 nitrogen and oxygen atoms in total. The number of aryl methyl sites for hydroxylation is 1. The molecule has 0 unspecified atom stereocenters. The van der Waals surface area contributed by atoms with Crippen LogP contribution in [0.3, 0.4) is 0 Å². The molecule has 0 atom stereocenters. The fourth-order valence-corrected chi connectivity index (χ4v) is 4.67. The number of ether oxygens (including phenoxy) is 2. The van der Waals surface area contributed by atoms with Crippen molar-refractivity contribution in [3.8, 4) is 11.5 Å². The summed E-state index contributed by atoms with van der Waals surface area (Å²) in [6.07, 6.45) is 6.23. The summed E-state index contributed by atoms with van der Waals surface area (Å²) in [5, 5.41) is 6.51. The number of piperazine rings is 1. The van der Waals surface area contributed by atoms with Crippen LogP contribution in [0.5, 0.6) is 11.5 Å². The molecule has 0 spiro atoms. The Morgan fingerprint density at radius 2 is 1.73 bits per heavy atom. The van der Waals surface area contributed by atoms with Gasteiger partial charge in [0.25, 0.3) is 0 Å². The maximum atomic E-state index is 12.8. The highest BCUT2D eigenvalue weighted by molar-refractivity contribution is 5.90. The fourth-order valence-electron chi connectivity index (χ4n) is 4.67. The van der Waals surface area contributed by atoms with Crippen molar-refractivity contribution in [1.82, 2.24) is 14.9 Å². The van der Waals surface area contributed by atoms with Crippen LogP contribution in [0.2, 0.25) is 0 Å². The zero-order chi connectivity index (χ0) is 22.6. The number of carbonyl (C=O) groups excluding carboxylic acids is 1. The van der Waals surface area contributed by atoms with Crippen molar-refractivity contribution in [1.29, 1.82) is 0 Å². The molecule has 2 fully saturated rings. The van der Waals surface area contributed by atoms with Crippen LogP contribution in [0.15, 0.2) is 24.3 Å². The van der Waals surface area contributed by atoms with Gasteiger partial charge in [0.2, 0.25) is 5.95 Å². The van der Waals surface area contributed by atoms with E-state index in [4.69, 9.17) is 14.5 Å². The number of amides is 2. The number of nitrogens with zero attached hydrogens (tertiary/aromatic N) is 4. The van der Waals surface area contributed by atoms with Crippen LogP contribution in [0.1, 0.15) is 37.8 Å². The van der Waals surface area contributed by atoms with Gasteiger partial charge < -0.3 is 29.9 Å². The monoisotopic (exact) mass is 452 g/mol. The van der Waals surface area contributed by atoms with E-state index in [0.29, 0.717) is 49.5 Å². The van der Waals surface area contributed by atoms with Crippen molar-refractivity contribution in [2.24, 2.45) is 0 Å². The molecular weight excluding hydrogens is 420 g/mol. The van der Waals surface area contributed by atoms with Crippen LogP contribution in [0, 0.1) is 6.92 Å². The third-order valence-corrected chi connectivity index (χ3v) is 6.46. The number of hydrogen-bond donors (Lipinski definition) is 2. The van der Waals surface area contributed by atoms with Gasteiger partial charge >= 0.3 is 6.03 Å². The number of aromatic nitrogens is 2. The van der Waals surface area contributed by atoms with Crippen molar-refractivity contribution in [3.63, 3.8) is 0 Å². The summed E-state index contributed by atoms with van der Waals surface area (Å²) in [4.78, 5) is 26.3. The number of nitrogens with one attached hydrogen (secondary N) is 2. The minimum Gasteiger partial charge on any atom is -0.486 e. The normalized spacial score (nSPS) is 18.7. The lowest BCUT2D eigenvalue weighted by Crippen LogP contribution is -2.50. The molecule has 33 heavy (non-hydrogen) atoms. The average Bonchev–Trinajstić information content (AvgIpc) is 2.84. The molecule has 9 heteroatoms. The Morgan fingerprint density at radius 3 is 2.52 bits per heavy atom. The zero-order valence-corrected chi connectivity index (χ0v) is 19.2. The lowest BCUT2D eigenvalue weighted by atomic mass is 9.96. The van der Waals surface area contributed by atoms with Gasteiger partial charge in [-0.25, -0.2) is 9.78 Å². The van der Waals surface area contributed by atoms with Crippen LogP contribution < -0.4 is 25.0 Å². The summed E-state index contributed by atoms with van der Waals surface area (Å²) >= 11 is 0. The van der Waals surface area contributed by atoms with Gasteiger partial charge in [0.05, 0.1) is 0 Å². The Bertz CT molecular complexity index is 986. The SMILES string of the molecule is Cc1cc(N2CCN(C(=O)Nc3ccc4c(c3)OCCO4)CC2)nc(NC2CCCCC2)n1.